The number of nitrogens with zero attached hydrogens (tertiary/aromatic N) is 1. The van der Waals surface area contributed by atoms with E-state index in [0.29, 0.717) is 5.69 Å². The van der Waals surface area contributed by atoms with Gasteiger partial charge < -0.3 is 21.3 Å². The molecular formula is C16H20F6N4O. The van der Waals surface area contributed by atoms with Gasteiger partial charge in [-0.05, 0) is 25.0 Å². The Morgan fingerprint density at radius 2 is 1.81 bits per heavy atom. The van der Waals surface area contributed by atoms with Crippen LogP contribution in [0.2, 0.25) is 0 Å². The molecule has 0 saturated carbocycles. The third-order valence-electron chi connectivity index (χ3n) is 4.33. The fraction of sp³-hybridized carbons (Fsp3) is 0.562. The molecular weight excluding hydrogens is 378 g/mol. The Balaban J connectivity index is 2.28. The van der Waals surface area contributed by atoms with Crippen LogP contribution in [-0.2, 0) is 0 Å². The summed E-state index contributed by atoms with van der Waals surface area (Å²) in [5.41, 5.74) is 6.49. The topological polar surface area (TPSA) is 70.4 Å². The van der Waals surface area contributed by atoms with Gasteiger partial charge in [-0.3, -0.25) is 4.79 Å². The first-order valence-electron chi connectivity index (χ1n) is 8.19. The van der Waals surface area contributed by atoms with Crippen molar-refractivity contribution < 1.29 is 31.1 Å². The normalized spacial score (nSPS) is 16.3. The predicted octanol–water partition coefficient (Wildman–Crippen LogP) is 3.18. The second-order valence-electron chi connectivity index (χ2n) is 6.25. The number of carbonyl (C=O) groups excluding carboxylic acids is 1. The van der Waals surface area contributed by atoms with E-state index in [2.05, 4.69) is 5.32 Å². The average molecular weight is 398 g/mol. The van der Waals surface area contributed by atoms with Crippen LogP contribution < -0.4 is 21.3 Å². The average Bonchev–Trinajstić information content (AvgIpc) is 2.59. The van der Waals surface area contributed by atoms with Crippen LogP contribution in [0.1, 0.15) is 23.2 Å². The lowest BCUT2D eigenvalue weighted by atomic mass is 10.0. The second kappa shape index (κ2) is 7.73. The number of hydrogen-bond acceptors (Lipinski definition) is 4. The molecule has 1 fully saturated rings. The van der Waals surface area contributed by atoms with E-state index in [4.69, 9.17) is 5.73 Å². The lowest BCUT2D eigenvalue weighted by Crippen LogP contribution is -2.47. The SMILES string of the molecule is CNc1cc(N2CCC(F)CC2)c(C(=O)NCC(F)(F)C(F)(F)F)cc1N. The molecule has 1 saturated heterocycles. The van der Waals surface area contributed by atoms with E-state index in [0.717, 1.165) is 0 Å². The zero-order chi connectivity index (χ0) is 20.4. The van der Waals surface area contributed by atoms with Crippen LogP contribution in [0.3, 0.4) is 0 Å². The van der Waals surface area contributed by atoms with Gasteiger partial charge in [0, 0.05) is 20.1 Å². The minimum Gasteiger partial charge on any atom is -0.397 e. The number of carbonyl (C=O) groups is 1. The fourth-order valence-electron chi connectivity index (χ4n) is 2.74. The molecule has 0 radical (unpaired) electrons. The number of alkyl halides is 6. The highest BCUT2D eigenvalue weighted by atomic mass is 19.4. The molecule has 0 bridgehead atoms. The van der Waals surface area contributed by atoms with E-state index in [1.807, 2.05) is 0 Å². The van der Waals surface area contributed by atoms with Crippen molar-refractivity contribution in [1.82, 2.24) is 5.32 Å². The molecule has 2 rings (SSSR count). The van der Waals surface area contributed by atoms with Crippen molar-refractivity contribution in [1.29, 1.82) is 0 Å². The standard InChI is InChI=1S/C16H20F6N4O/c1-24-12-7-13(26-4-2-9(17)3-5-26)10(6-11(12)23)14(27)25-8-15(18,19)16(20,21)22/h6-7,9,24H,2-5,8,23H2,1H3,(H,25,27). The molecule has 0 aromatic heterocycles. The van der Waals surface area contributed by atoms with Crippen LogP contribution in [0.25, 0.3) is 0 Å². The van der Waals surface area contributed by atoms with Gasteiger partial charge in [0.05, 0.1) is 29.2 Å². The van der Waals surface area contributed by atoms with E-state index in [1.54, 1.807) is 17.3 Å². The number of piperidine rings is 1. The van der Waals surface area contributed by atoms with Gasteiger partial charge in [-0.15, -0.1) is 0 Å². The molecule has 0 atom stereocenters. The van der Waals surface area contributed by atoms with Crippen LogP contribution >= 0.6 is 0 Å². The molecule has 152 valence electrons. The van der Waals surface area contributed by atoms with E-state index in [-0.39, 0.29) is 42.9 Å². The Kier molecular flexibility index (Phi) is 6.01. The quantitative estimate of drug-likeness (QED) is 0.526. The van der Waals surface area contributed by atoms with Gasteiger partial charge >= 0.3 is 12.1 Å². The maximum atomic E-state index is 13.4. The number of halogens is 6. The van der Waals surface area contributed by atoms with Gasteiger partial charge in [0.2, 0.25) is 0 Å². The zero-order valence-corrected chi connectivity index (χ0v) is 14.5. The number of amides is 1. The molecule has 1 heterocycles. The van der Waals surface area contributed by atoms with Crippen molar-refractivity contribution in [2.24, 2.45) is 0 Å². The molecule has 0 spiro atoms. The van der Waals surface area contributed by atoms with Crippen molar-refractivity contribution >= 4 is 23.0 Å². The van der Waals surface area contributed by atoms with E-state index in [1.165, 1.54) is 12.1 Å². The van der Waals surface area contributed by atoms with Crippen LogP contribution in [-0.4, -0.2) is 50.9 Å². The Bertz CT molecular complexity index is 686. The Labute approximate surface area is 151 Å². The van der Waals surface area contributed by atoms with Crippen molar-refractivity contribution in [3.05, 3.63) is 17.7 Å². The zero-order valence-electron chi connectivity index (χ0n) is 14.5. The summed E-state index contributed by atoms with van der Waals surface area (Å²) in [4.78, 5) is 14.0. The highest BCUT2D eigenvalue weighted by Crippen LogP contribution is 2.35. The first kappa shape index (κ1) is 21.0. The molecule has 1 aliphatic rings. The number of hydrogen-bond donors (Lipinski definition) is 3. The van der Waals surface area contributed by atoms with Gasteiger partial charge in [-0.1, -0.05) is 0 Å². The van der Waals surface area contributed by atoms with Gasteiger partial charge in [-0.2, -0.15) is 22.0 Å². The summed E-state index contributed by atoms with van der Waals surface area (Å²) in [6, 6.07) is 2.69. The van der Waals surface area contributed by atoms with Gasteiger partial charge in [0.1, 0.15) is 6.17 Å². The minimum absolute atomic E-state index is 0.120. The van der Waals surface area contributed by atoms with E-state index in [9.17, 15) is 31.1 Å². The number of nitrogen functional groups attached to an aromatic ring is 1. The van der Waals surface area contributed by atoms with E-state index < -0.39 is 30.7 Å². The Morgan fingerprint density at radius 3 is 2.33 bits per heavy atom. The molecule has 1 aromatic rings. The Morgan fingerprint density at radius 1 is 1.22 bits per heavy atom. The smallest absolute Gasteiger partial charge is 0.397 e. The summed E-state index contributed by atoms with van der Waals surface area (Å²) in [6.45, 7) is -1.35. The van der Waals surface area contributed by atoms with Gasteiger partial charge in [0.15, 0.2) is 0 Å². The van der Waals surface area contributed by atoms with E-state index >= 15 is 0 Å². The summed E-state index contributed by atoms with van der Waals surface area (Å²) < 4.78 is 76.4. The second-order valence-corrected chi connectivity index (χ2v) is 6.25. The Hall–Kier alpha value is -2.33. The summed E-state index contributed by atoms with van der Waals surface area (Å²) in [5.74, 6) is -6.18. The number of nitrogens with two attached hydrogens (primary N) is 1. The van der Waals surface area contributed by atoms with Crippen molar-refractivity contribution in [3.8, 4) is 0 Å². The fourth-order valence-corrected chi connectivity index (χ4v) is 2.74. The van der Waals surface area contributed by atoms with Gasteiger partial charge in [0.25, 0.3) is 5.91 Å². The molecule has 5 nitrogen and oxygen atoms in total. The minimum atomic E-state index is -5.78. The molecule has 1 aliphatic heterocycles. The molecule has 1 amide bonds. The van der Waals surface area contributed by atoms with Gasteiger partial charge in [-0.25, -0.2) is 4.39 Å². The third-order valence-corrected chi connectivity index (χ3v) is 4.33. The van der Waals surface area contributed by atoms with Crippen molar-refractivity contribution in [2.75, 3.05) is 42.6 Å². The highest BCUT2D eigenvalue weighted by molar-refractivity contribution is 6.02. The first-order valence-corrected chi connectivity index (χ1v) is 8.19. The monoisotopic (exact) mass is 398 g/mol. The first-order chi connectivity index (χ1) is 12.5. The maximum absolute atomic E-state index is 13.4. The summed E-state index contributed by atoms with van der Waals surface area (Å²) >= 11 is 0. The molecule has 0 unspecified atom stereocenters. The lowest BCUT2D eigenvalue weighted by molar-refractivity contribution is -0.278. The number of anilines is 3. The highest BCUT2D eigenvalue weighted by Gasteiger charge is 2.57. The van der Waals surface area contributed by atoms with Crippen LogP contribution in [0.4, 0.5) is 43.4 Å². The van der Waals surface area contributed by atoms with Crippen LogP contribution in [0.5, 0.6) is 0 Å². The number of nitrogens with one attached hydrogen (secondary N) is 2. The molecule has 27 heavy (non-hydrogen) atoms. The summed E-state index contributed by atoms with van der Waals surface area (Å²) in [6.07, 6.45) is -6.33. The molecule has 11 heteroatoms. The third kappa shape index (κ3) is 4.69. The number of benzene rings is 1. The predicted molar refractivity (Wildman–Crippen MR) is 90.1 cm³/mol. The molecule has 1 aromatic carbocycles. The van der Waals surface area contributed by atoms with Crippen molar-refractivity contribution in [3.63, 3.8) is 0 Å². The number of rotatable bonds is 5. The lowest BCUT2D eigenvalue weighted by Gasteiger charge is -2.32. The summed E-state index contributed by atoms with van der Waals surface area (Å²) in [5, 5.41) is 4.41. The van der Waals surface area contributed by atoms with Crippen LogP contribution in [0.15, 0.2) is 12.1 Å². The molecule has 0 aliphatic carbocycles. The van der Waals surface area contributed by atoms with Crippen molar-refractivity contribution in [2.45, 2.75) is 31.1 Å². The maximum Gasteiger partial charge on any atom is 0.455 e. The van der Waals surface area contributed by atoms with Crippen LogP contribution in [0, 0.1) is 0 Å². The molecule has 4 N–H and O–H groups in total. The largest absolute Gasteiger partial charge is 0.455 e. The summed E-state index contributed by atoms with van der Waals surface area (Å²) in [7, 11) is 1.58.